The number of aliphatic hydroxyl groups excluding tert-OH is 1. The number of piperidine rings is 1. The molecule has 19 heavy (non-hydrogen) atoms. The molecule has 1 aromatic rings. The van der Waals surface area contributed by atoms with Crippen LogP contribution in [0.2, 0.25) is 0 Å². The maximum Gasteiger partial charge on any atom is 0.165 e. The van der Waals surface area contributed by atoms with Gasteiger partial charge in [-0.2, -0.15) is 5.26 Å². The maximum atomic E-state index is 9.88. The number of nitrogens with zero attached hydrogens (tertiary/aromatic N) is 3. The molecule has 0 spiro atoms. The van der Waals surface area contributed by atoms with E-state index in [9.17, 15) is 10.4 Å². The first-order valence-corrected chi connectivity index (χ1v) is 7.49. The van der Waals surface area contributed by atoms with Gasteiger partial charge in [-0.1, -0.05) is 0 Å². The van der Waals surface area contributed by atoms with Crippen LogP contribution in [0.1, 0.15) is 31.4 Å². The second kappa shape index (κ2) is 5.10. The quantitative estimate of drug-likeness (QED) is 0.850. The summed E-state index contributed by atoms with van der Waals surface area (Å²) in [4.78, 5) is 6.53. The van der Waals surface area contributed by atoms with E-state index < -0.39 is 0 Å². The number of halogens is 1. The second-order valence-corrected chi connectivity index (χ2v) is 6.20. The van der Waals surface area contributed by atoms with Crippen LogP contribution in [-0.2, 0) is 0 Å². The van der Waals surface area contributed by atoms with Crippen LogP contribution in [-0.4, -0.2) is 28.8 Å². The van der Waals surface area contributed by atoms with Crippen LogP contribution in [0, 0.1) is 17.2 Å². The highest BCUT2D eigenvalue weighted by Crippen LogP contribution is 2.41. The molecule has 5 heteroatoms. The Balaban J connectivity index is 1.93. The van der Waals surface area contributed by atoms with Crippen molar-refractivity contribution in [3.8, 4) is 6.07 Å². The first kappa shape index (κ1) is 12.9. The standard InChI is InChI=1S/C14H16BrN3O/c15-14-4-3-12(11(8-16)17-14)18-6-5-10(19)7-13(18)9-1-2-9/h3-4,9-10,13,19H,1-2,5-7H2/t10-,13-/m1/s1. The monoisotopic (exact) mass is 321 g/mol. The van der Waals surface area contributed by atoms with Crippen LogP contribution in [0.25, 0.3) is 0 Å². The molecule has 0 radical (unpaired) electrons. The molecule has 1 aliphatic carbocycles. The van der Waals surface area contributed by atoms with Gasteiger partial charge in [0.1, 0.15) is 10.7 Å². The Kier molecular flexibility index (Phi) is 3.46. The van der Waals surface area contributed by atoms with Gasteiger partial charge in [0.2, 0.25) is 0 Å². The summed E-state index contributed by atoms with van der Waals surface area (Å²) in [7, 11) is 0. The molecular formula is C14H16BrN3O. The molecule has 0 aromatic carbocycles. The summed E-state index contributed by atoms with van der Waals surface area (Å²) >= 11 is 3.31. The van der Waals surface area contributed by atoms with Gasteiger partial charge in [-0.15, -0.1) is 0 Å². The lowest BCUT2D eigenvalue weighted by atomic mass is 9.95. The lowest BCUT2D eigenvalue weighted by Crippen LogP contribution is -2.46. The highest BCUT2D eigenvalue weighted by Gasteiger charge is 2.39. The normalized spacial score (nSPS) is 27.1. The lowest BCUT2D eigenvalue weighted by Gasteiger charge is -2.40. The Morgan fingerprint density at radius 1 is 1.37 bits per heavy atom. The zero-order valence-electron chi connectivity index (χ0n) is 10.6. The largest absolute Gasteiger partial charge is 0.393 e. The number of nitriles is 1. The van der Waals surface area contributed by atoms with Crippen molar-refractivity contribution in [1.29, 1.82) is 5.26 Å². The molecule has 2 heterocycles. The molecule has 4 nitrogen and oxygen atoms in total. The third-order valence-electron chi connectivity index (χ3n) is 4.04. The molecular weight excluding hydrogens is 306 g/mol. The number of aliphatic hydroxyl groups is 1. The van der Waals surface area contributed by atoms with Gasteiger partial charge < -0.3 is 10.0 Å². The van der Waals surface area contributed by atoms with Crippen molar-refractivity contribution >= 4 is 21.6 Å². The van der Waals surface area contributed by atoms with E-state index in [1.807, 2.05) is 12.1 Å². The van der Waals surface area contributed by atoms with E-state index >= 15 is 0 Å². The van der Waals surface area contributed by atoms with Crippen molar-refractivity contribution in [3.63, 3.8) is 0 Å². The second-order valence-electron chi connectivity index (χ2n) is 5.39. The zero-order valence-corrected chi connectivity index (χ0v) is 12.2. The summed E-state index contributed by atoms with van der Waals surface area (Å²) in [6, 6.07) is 6.38. The smallest absolute Gasteiger partial charge is 0.165 e. The number of hydrogen-bond donors (Lipinski definition) is 1. The Hall–Kier alpha value is -1.12. The molecule has 3 rings (SSSR count). The summed E-state index contributed by atoms with van der Waals surface area (Å²) in [5.41, 5.74) is 1.38. The van der Waals surface area contributed by atoms with E-state index in [1.165, 1.54) is 12.8 Å². The fourth-order valence-corrected chi connectivity index (χ4v) is 3.26. The van der Waals surface area contributed by atoms with Crippen molar-refractivity contribution in [2.75, 3.05) is 11.4 Å². The predicted octanol–water partition coefficient (Wildman–Crippen LogP) is 2.46. The summed E-state index contributed by atoms with van der Waals surface area (Å²) in [5, 5.41) is 19.1. The van der Waals surface area contributed by atoms with Gasteiger partial charge >= 0.3 is 0 Å². The van der Waals surface area contributed by atoms with Gasteiger partial charge in [-0.05, 0) is 59.7 Å². The van der Waals surface area contributed by atoms with Crippen molar-refractivity contribution in [2.45, 2.75) is 37.8 Å². The van der Waals surface area contributed by atoms with Crippen molar-refractivity contribution in [3.05, 3.63) is 22.4 Å². The van der Waals surface area contributed by atoms with E-state index in [2.05, 4.69) is 31.9 Å². The molecule has 0 bridgehead atoms. The number of rotatable bonds is 2. The minimum absolute atomic E-state index is 0.198. The first-order valence-electron chi connectivity index (χ1n) is 6.70. The van der Waals surface area contributed by atoms with E-state index in [4.69, 9.17) is 0 Å². The van der Waals surface area contributed by atoms with Crippen LogP contribution in [0.15, 0.2) is 16.7 Å². The van der Waals surface area contributed by atoms with Gasteiger partial charge in [-0.25, -0.2) is 4.98 Å². The number of hydrogen-bond acceptors (Lipinski definition) is 4. The van der Waals surface area contributed by atoms with Crippen LogP contribution in [0.5, 0.6) is 0 Å². The molecule has 1 aromatic heterocycles. The molecule has 2 atom stereocenters. The Morgan fingerprint density at radius 2 is 2.16 bits per heavy atom. The van der Waals surface area contributed by atoms with E-state index in [-0.39, 0.29) is 6.10 Å². The predicted molar refractivity (Wildman–Crippen MR) is 75.8 cm³/mol. The molecule has 2 fully saturated rings. The summed E-state index contributed by atoms with van der Waals surface area (Å²) in [5.74, 6) is 0.671. The molecule has 1 saturated heterocycles. The van der Waals surface area contributed by atoms with Crippen molar-refractivity contribution in [2.24, 2.45) is 5.92 Å². The number of pyridine rings is 1. The lowest BCUT2D eigenvalue weighted by molar-refractivity contribution is 0.123. The third kappa shape index (κ3) is 2.60. The van der Waals surface area contributed by atoms with Crippen LogP contribution in [0.4, 0.5) is 5.69 Å². The average Bonchev–Trinajstić information content (AvgIpc) is 3.23. The minimum Gasteiger partial charge on any atom is -0.393 e. The molecule has 0 amide bonds. The van der Waals surface area contributed by atoms with Gasteiger partial charge in [0.25, 0.3) is 0 Å². The minimum atomic E-state index is -0.198. The van der Waals surface area contributed by atoms with Gasteiger partial charge in [0, 0.05) is 12.6 Å². The van der Waals surface area contributed by atoms with E-state index in [1.54, 1.807) is 0 Å². The summed E-state index contributed by atoms with van der Waals surface area (Å²) in [6.07, 6.45) is 3.85. The molecule has 1 N–H and O–H groups in total. The summed E-state index contributed by atoms with van der Waals surface area (Å²) < 4.78 is 0.688. The molecule has 1 aliphatic heterocycles. The Morgan fingerprint density at radius 3 is 2.84 bits per heavy atom. The fraction of sp³-hybridized carbons (Fsp3) is 0.571. The summed E-state index contributed by atoms with van der Waals surface area (Å²) in [6.45, 7) is 0.806. The Labute approximate surface area is 121 Å². The van der Waals surface area contributed by atoms with E-state index in [0.717, 1.165) is 25.1 Å². The Bertz CT molecular complexity index is 524. The molecule has 0 unspecified atom stereocenters. The van der Waals surface area contributed by atoms with Gasteiger partial charge in [-0.3, -0.25) is 0 Å². The number of aromatic nitrogens is 1. The van der Waals surface area contributed by atoms with Crippen LogP contribution < -0.4 is 4.90 Å². The highest BCUT2D eigenvalue weighted by atomic mass is 79.9. The third-order valence-corrected chi connectivity index (χ3v) is 4.48. The van der Waals surface area contributed by atoms with Crippen LogP contribution in [0.3, 0.4) is 0 Å². The molecule has 100 valence electrons. The van der Waals surface area contributed by atoms with E-state index in [0.29, 0.717) is 22.3 Å². The highest BCUT2D eigenvalue weighted by molar-refractivity contribution is 9.10. The fourth-order valence-electron chi connectivity index (χ4n) is 2.95. The average molecular weight is 322 g/mol. The molecule has 2 aliphatic rings. The number of anilines is 1. The SMILES string of the molecule is N#Cc1nc(Br)ccc1N1CC[C@@H](O)C[C@@H]1C1CC1. The van der Waals surface area contributed by atoms with Gasteiger partial charge in [0.15, 0.2) is 5.69 Å². The van der Waals surface area contributed by atoms with Crippen molar-refractivity contribution < 1.29 is 5.11 Å². The molecule has 1 saturated carbocycles. The van der Waals surface area contributed by atoms with Gasteiger partial charge in [0.05, 0.1) is 11.8 Å². The van der Waals surface area contributed by atoms with Crippen molar-refractivity contribution in [1.82, 2.24) is 4.98 Å². The topological polar surface area (TPSA) is 60.2 Å². The van der Waals surface area contributed by atoms with Crippen LogP contribution >= 0.6 is 15.9 Å². The first-order chi connectivity index (χ1) is 9.19. The maximum absolute atomic E-state index is 9.88. The zero-order chi connectivity index (χ0) is 13.4.